The van der Waals surface area contributed by atoms with Crippen LogP contribution in [-0.2, 0) is 5.41 Å². The highest BCUT2D eigenvalue weighted by Crippen LogP contribution is 2.24. The van der Waals surface area contributed by atoms with E-state index in [0.717, 1.165) is 0 Å². The van der Waals surface area contributed by atoms with E-state index in [1.54, 1.807) is 0 Å². The molecule has 1 atom stereocenters. The molecule has 2 heteroatoms. The van der Waals surface area contributed by atoms with Gasteiger partial charge in [0.05, 0.1) is 6.61 Å². The van der Waals surface area contributed by atoms with Crippen molar-refractivity contribution in [2.24, 2.45) is 0 Å². The largest absolute Gasteiger partial charge is 0.394 e. The van der Waals surface area contributed by atoms with Crippen LogP contribution in [0.15, 0.2) is 24.3 Å². The maximum Gasteiger partial charge on any atom is 0.0608 e. The fourth-order valence-corrected chi connectivity index (χ4v) is 1.99. The molecule has 0 saturated heterocycles. The lowest BCUT2D eigenvalue weighted by atomic mass is 9.86. The Balaban J connectivity index is 2.80. The van der Waals surface area contributed by atoms with Gasteiger partial charge >= 0.3 is 0 Å². The summed E-state index contributed by atoms with van der Waals surface area (Å²) in [5, 5.41) is 12.7. The summed E-state index contributed by atoms with van der Waals surface area (Å²) < 4.78 is 0. The average Bonchev–Trinajstić information content (AvgIpc) is 2.27. The second kappa shape index (κ2) is 5.41. The fraction of sp³-hybridized carbons (Fsp3) is 0.625. The van der Waals surface area contributed by atoms with Crippen LogP contribution < -0.4 is 5.32 Å². The van der Waals surface area contributed by atoms with Gasteiger partial charge in [-0.1, -0.05) is 45.0 Å². The average molecular weight is 249 g/mol. The minimum atomic E-state index is -0.248. The molecule has 2 N–H and O–H groups in total. The highest BCUT2D eigenvalue weighted by atomic mass is 16.3. The van der Waals surface area contributed by atoms with Crippen molar-refractivity contribution in [3.05, 3.63) is 35.4 Å². The highest BCUT2D eigenvalue weighted by Gasteiger charge is 2.20. The maximum atomic E-state index is 9.28. The molecule has 0 aliphatic carbocycles. The minimum Gasteiger partial charge on any atom is -0.394 e. The topological polar surface area (TPSA) is 32.3 Å². The molecule has 0 aliphatic heterocycles. The molecule has 0 heterocycles. The SMILES string of the molecule is CC(NC(C)(C)CO)c1ccc(C(C)(C)C)cc1. The molecule has 1 rings (SSSR count). The van der Waals surface area contributed by atoms with Crippen molar-refractivity contribution in [2.75, 3.05) is 6.61 Å². The number of aliphatic hydroxyl groups is 1. The zero-order valence-electron chi connectivity index (χ0n) is 12.5. The van der Waals surface area contributed by atoms with Crippen molar-refractivity contribution in [3.8, 4) is 0 Å². The Bertz CT molecular complexity index is 373. The van der Waals surface area contributed by atoms with Gasteiger partial charge in [0.15, 0.2) is 0 Å². The number of nitrogens with one attached hydrogen (secondary N) is 1. The second-order valence-corrected chi connectivity index (χ2v) is 6.78. The van der Waals surface area contributed by atoms with Crippen LogP contribution in [0.1, 0.15) is 58.7 Å². The first kappa shape index (κ1) is 15.2. The third-order valence-corrected chi connectivity index (χ3v) is 3.28. The van der Waals surface area contributed by atoms with Gasteiger partial charge in [-0.05, 0) is 37.3 Å². The Labute approximate surface area is 111 Å². The van der Waals surface area contributed by atoms with Gasteiger partial charge in [-0.25, -0.2) is 0 Å². The third-order valence-electron chi connectivity index (χ3n) is 3.28. The second-order valence-electron chi connectivity index (χ2n) is 6.78. The van der Waals surface area contributed by atoms with E-state index in [0.29, 0.717) is 0 Å². The van der Waals surface area contributed by atoms with Crippen molar-refractivity contribution < 1.29 is 5.11 Å². The zero-order chi connectivity index (χ0) is 14.0. The molecule has 0 spiro atoms. The van der Waals surface area contributed by atoms with Gasteiger partial charge in [-0.15, -0.1) is 0 Å². The number of benzene rings is 1. The molecule has 0 aliphatic rings. The van der Waals surface area contributed by atoms with Crippen molar-refractivity contribution in [1.29, 1.82) is 0 Å². The fourth-order valence-electron chi connectivity index (χ4n) is 1.99. The Morgan fingerprint density at radius 1 is 1.06 bits per heavy atom. The lowest BCUT2D eigenvalue weighted by molar-refractivity contribution is 0.178. The summed E-state index contributed by atoms with van der Waals surface area (Å²) in [6.45, 7) is 12.9. The summed E-state index contributed by atoms with van der Waals surface area (Å²) in [4.78, 5) is 0. The molecule has 18 heavy (non-hydrogen) atoms. The summed E-state index contributed by atoms with van der Waals surface area (Å²) in [7, 11) is 0. The van der Waals surface area contributed by atoms with Crippen LogP contribution in [0.2, 0.25) is 0 Å². The van der Waals surface area contributed by atoms with Crippen LogP contribution in [0.3, 0.4) is 0 Å². The van der Waals surface area contributed by atoms with Crippen LogP contribution in [0.25, 0.3) is 0 Å². The third kappa shape index (κ3) is 4.11. The maximum absolute atomic E-state index is 9.28. The standard InChI is InChI=1S/C16H27NO/c1-12(17-16(5,6)11-18)13-7-9-14(10-8-13)15(2,3)4/h7-10,12,17-18H,11H2,1-6H3. The van der Waals surface area contributed by atoms with E-state index in [-0.39, 0.29) is 23.6 Å². The van der Waals surface area contributed by atoms with Gasteiger partial charge in [0.1, 0.15) is 0 Å². The minimum absolute atomic E-state index is 0.136. The monoisotopic (exact) mass is 249 g/mol. The first-order valence-corrected chi connectivity index (χ1v) is 6.65. The van der Waals surface area contributed by atoms with E-state index in [2.05, 4.69) is 57.3 Å². The number of hydrogen-bond acceptors (Lipinski definition) is 2. The van der Waals surface area contributed by atoms with Crippen LogP contribution in [-0.4, -0.2) is 17.3 Å². The molecule has 1 aromatic carbocycles. The van der Waals surface area contributed by atoms with E-state index in [1.807, 2.05) is 13.8 Å². The molecular formula is C16H27NO. The first-order valence-electron chi connectivity index (χ1n) is 6.65. The Morgan fingerprint density at radius 3 is 1.94 bits per heavy atom. The van der Waals surface area contributed by atoms with Gasteiger partial charge in [0.25, 0.3) is 0 Å². The Morgan fingerprint density at radius 2 is 1.56 bits per heavy atom. The predicted octanol–water partition coefficient (Wildman–Crippen LogP) is 3.41. The molecule has 1 unspecified atom stereocenters. The molecule has 0 amide bonds. The summed E-state index contributed by atoms with van der Waals surface area (Å²) in [5.74, 6) is 0. The normalized spacial score (nSPS) is 14.6. The quantitative estimate of drug-likeness (QED) is 0.857. The first-order chi connectivity index (χ1) is 8.15. The van der Waals surface area contributed by atoms with Crippen LogP contribution in [0.4, 0.5) is 0 Å². The number of aliphatic hydroxyl groups excluding tert-OH is 1. The van der Waals surface area contributed by atoms with Gasteiger partial charge < -0.3 is 10.4 Å². The van der Waals surface area contributed by atoms with Crippen molar-refractivity contribution >= 4 is 0 Å². The number of rotatable bonds is 4. The molecular weight excluding hydrogens is 222 g/mol. The summed E-state index contributed by atoms with van der Waals surface area (Å²) in [6, 6.07) is 8.97. The van der Waals surface area contributed by atoms with Gasteiger partial charge in [0, 0.05) is 11.6 Å². The smallest absolute Gasteiger partial charge is 0.0608 e. The molecule has 1 aromatic rings. The molecule has 102 valence electrons. The van der Waals surface area contributed by atoms with Crippen LogP contribution in [0, 0.1) is 0 Å². The van der Waals surface area contributed by atoms with Gasteiger partial charge in [-0.2, -0.15) is 0 Å². The zero-order valence-corrected chi connectivity index (χ0v) is 12.5. The van der Waals surface area contributed by atoms with Crippen molar-refractivity contribution in [3.63, 3.8) is 0 Å². The summed E-state index contributed by atoms with van der Waals surface area (Å²) in [5.41, 5.74) is 2.55. The van der Waals surface area contributed by atoms with Crippen LogP contribution >= 0.6 is 0 Å². The lowest BCUT2D eigenvalue weighted by Gasteiger charge is -2.29. The molecule has 0 bridgehead atoms. The molecule has 0 fully saturated rings. The molecule has 0 aromatic heterocycles. The van der Waals surface area contributed by atoms with E-state index < -0.39 is 0 Å². The molecule has 2 nitrogen and oxygen atoms in total. The summed E-state index contributed by atoms with van der Waals surface area (Å²) in [6.07, 6.45) is 0. The van der Waals surface area contributed by atoms with Gasteiger partial charge in [-0.3, -0.25) is 0 Å². The summed E-state index contributed by atoms with van der Waals surface area (Å²) >= 11 is 0. The van der Waals surface area contributed by atoms with Crippen molar-refractivity contribution in [2.45, 2.75) is 58.5 Å². The van der Waals surface area contributed by atoms with Gasteiger partial charge in [0.2, 0.25) is 0 Å². The van der Waals surface area contributed by atoms with E-state index >= 15 is 0 Å². The lowest BCUT2D eigenvalue weighted by Crippen LogP contribution is -2.43. The number of hydrogen-bond donors (Lipinski definition) is 2. The van der Waals surface area contributed by atoms with E-state index in [4.69, 9.17) is 0 Å². The Hall–Kier alpha value is -0.860. The molecule has 0 saturated carbocycles. The van der Waals surface area contributed by atoms with E-state index in [9.17, 15) is 5.11 Å². The molecule has 0 radical (unpaired) electrons. The van der Waals surface area contributed by atoms with Crippen molar-refractivity contribution in [1.82, 2.24) is 5.32 Å². The predicted molar refractivity (Wildman–Crippen MR) is 77.9 cm³/mol. The Kier molecular flexibility index (Phi) is 4.57. The van der Waals surface area contributed by atoms with Crippen LogP contribution in [0.5, 0.6) is 0 Å². The highest BCUT2D eigenvalue weighted by molar-refractivity contribution is 5.29. The van der Waals surface area contributed by atoms with E-state index in [1.165, 1.54) is 11.1 Å².